The highest BCUT2D eigenvalue weighted by molar-refractivity contribution is 6.27. The summed E-state index contributed by atoms with van der Waals surface area (Å²) in [7, 11) is 0. The van der Waals surface area contributed by atoms with Gasteiger partial charge in [0.25, 0.3) is 0 Å². The van der Waals surface area contributed by atoms with Gasteiger partial charge in [0.15, 0.2) is 0 Å². The van der Waals surface area contributed by atoms with E-state index in [1.54, 1.807) is 6.20 Å². The molecule has 24 bridgehead atoms. The zero-order valence-corrected chi connectivity index (χ0v) is 40.8. The molecule has 0 aliphatic heterocycles. The van der Waals surface area contributed by atoms with E-state index in [-0.39, 0.29) is 0 Å². The molecule has 15 heterocycles. The first-order chi connectivity index (χ1) is 38.5. The quantitative estimate of drug-likeness (QED) is 0.0831. The fourth-order valence-electron chi connectivity index (χ4n) is 12.2. The Hall–Kier alpha value is -10.9. The lowest BCUT2D eigenvalue weighted by atomic mass is 9.97. The number of hydrogen-bond donors (Lipinski definition) is 4. The van der Waals surface area contributed by atoms with Crippen LogP contribution in [-0.4, -0.2) is 74.8 Å². The summed E-state index contributed by atoms with van der Waals surface area (Å²) in [5.74, 6) is 0. The maximum absolute atomic E-state index is 5.60. The van der Waals surface area contributed by atoms with Crippen molar-refractivity contribution in [2.75, 3.05) is 0 Å². The van der Waals surface area contributed by atoms with E-state index in [9.17, 15) is 0 Å². The minimum atomic E-state index is 0.572. The van der Waals surface area contributed by atoms with Crippen LogP contribution in [-0.2, 0) is 12.8 Å². The van der Waals surface area contributed by atoms with Crippen molar-refractivity contribution in [2.24, 2.45) is 0 Å². The van der Waals surface area contributed by atoms with E-state index >= 15 is 0 Å². The number of pyridine rings is 7. The van der Waals surface area contributed by atoms with Gasteiger partial charge in [-0.25, -0.2) is 54.8 Å². The maximum atomic E-state index is 5.60. The molecule has 0 saturated carbocycles. The van der Waals surface area contributed by atoms with Gasteiger partial charge in [0.05, 0.1) is 133 Å². The molecule has 15 aromatic heterocycles. The third kappa shape index (κ3) is 5.57. The first-order valence-corrected chi connectivity index (χ1v) is 25.9. The molecule has 19 rings (SSSR count). The normalized spacial score (nSPS) is 13.0. The average molecular weight is 1000 g/mol. The van der Waals surface area contributed by atoms with E-state index in [0.717, 1.165) is 145 Å². The molecular formula is C63H33N15. The number of aryl methyl sites for hydroxylation is 2. The summed E-state index contributed by atoms with van der Waals surface area (Å²) in [5, 5.41) is 4.40. The Morgan fingerprint density at radius 2 is 0.500 bits per heavy atom. The Kier molecular flexibility index (Phi) is 7.50. The molecule has 1 aliphatic rings. The van der Waals surface area contributed by atoms with Crippen LogP contribution in [0, 0.1) is 0 Å². The van der Waals surface area contributed by atoms with Gasteiger partial charge < -0.3 is 19.9 Å². The minimum absolute atomic E-state index is 0.572. The van der Waals surface area contributed by atoms with Crippen LogP contribution >= 0.6 is 0 Å². The lowest BCUT2D eigenvalue weighted by Crippen LogP contribution is -2.02. The summed E-state index contributed by atoms with van der Waals surface area (Å²) in [4.78, 5) is 73.6. The molecule has 18 aromatic rings. The number of aromatic nitrogens is 15. The van der Waals surface area contributed by atoms with Gasteiger partial charge in [-0.2, -0.15) is 0 Å². The monoisotopic (exact) mass is 999 g/mol. The molecule has 0 saturated heterocycles. The number of hydrogen-bond acceptors (Lipinski definition) is 11. The summed E-state index contributed by atoms with van der Waals surface area (Å²) in [6.45, 7) is 0. The van der Waals surface area contributed by atoms with Crippen molar-refractivity contribution < 1.29 is 0 Å². The third-order valence-corrected chi connectivity index (χ3v) is 16.1. The molecule has 0 spiro atoms. The van der Waals surface area contributed by atoms with Gasteiger partial charge in [0.2, 0.25) is 0 Å². The van der Waals surface area contributed by atoms with Crippen molar-refractivity contribution in [3.05, 3.63) is 163 Å². The second kappa shape index (κ2) is 14.5. The van der Waals surface area contributed by atoms with E-state index in [4.69, 9.17) is 54.8 Å². The summed E-state index contributed by atoms with van der Waals surface area (Å²) in [6.07, 6.45) is 3.62. The first-order valence-electron chi connectivity index (χ1n) is 25.9. The molecule has 0 atom stereocenters. The van der Waals surface area contributed by atoms with Crippen molar-refractivity contribution in [3.8, 4) is 0 Å². The molecule has 78 heavy (non-hydrogen) atoms. The second-order valence-corrected chi connectivity index (χ2v) is 20.5. The standard InChI is InChI=1S/C63H33N15/c1-2-29-6-13-43-36-20-23-40(66-36)47-17-10-33-56(74-47)55-32(9-16-46(73-55)39-22-19-35(65-39)42-12-5-28(1)51(69-42)52(29)70-43)57-58(33)78-63-60(77-57)34-11-18-48-41-24-21-37(67-41)44-14-7-30-3-4-31-8-15-45(72-54(31)53(30)71-44)38-25-26-49(68-38)50-27-64-61(63)62(76-50)59(34)75-48/h3-27,65-68H,1-2H2. The van der Waals surface area contributed by atoms with Crippen LogP contribution in [0.3, 0.4) is 0 Å². The van der Waals surface area contributed by atoms with Crippen molar-refractivity contribution in [2.45, 2.75) is 12.8 Å². The number of aromatic amines is 4. The largest absolute Gasteiger partial charge is 0.352 e. The second-order valence-electron chi connectivity index (χ2n) is 20.5. The third-order valence-electron chi connectivity index (χ3n) is 16.1. The van der Waals surface area contributed by atoms with E-state index in [0.29, 0.717) is 55.2 Å². The predicted molar refractivity (Wildman–Crippen MR) is 311 cm³/mol. The van der Waals surface area contributed by atoms with E-state index in [1.165, 1.54) is 11.1 Å². The molecule has 0 radical (unpaired) electrons. The highest BCUT2D eigenvalue weighted by atomic mass is 14.9. The highest BCUT2D eigenvalue weighted by Gasteiger charge is 2.22. The molecule has 360 valence electrons. The van der Waals surface area contributed by atoms with Gasteiger partial charge in [-0.3, -0.25) is 0 Å². The van der Waals surface area contributed by atoms with Gasteiger partial charge in [0.1, 0.15) is 33.1 Å². The fourth-order valence-corrected chi connectivity index (χ4v) is 12.2. The Labute approximate surface area is 435 Å². The lowest BCUT2D eigenvalue weighted by molar-refractivity contribution is 0.953. The minimum Gasteiger partial charge on any atom is -0.352 e. The topological polar surface area (TPSA) is 205 Å². The van der Waals surface area contributed by atoms with Crippen LogP contribution in [0.2, 0.25) is 0 Å². The van der Waals surface area contributed by atoms with Crippen molar-refractivity contribution in [1.82, 2.24) is 74.8 Å². The first kappa shape index (κ1) is 40.5. The number of nitrogens with one attached hydrogen (secondary N) is 4. The van der Waals surface area contributed by atoms with Crippen LogP contribution in [0.4, 0.5) is 0 Å². The molecule has 0 unspecified atom stereocenters. The van der Waals surface area contributed by atoms with E-state index in [1.807, 2.05) is 54.6 Å². The summed E-state index contributed by atoms with van der Waals surface area (Å²) in [6, 6.07) is 49.8. The van der Waals surface area contributed by atoms with Gasteiger partial charge in [-0.05, 0) is 133 Å². The highest BCUT2D eigenvalue weighted by Crippen LogP contribution is 2.39. The Balaban J connectivity index is 0.927. The smallest absolute Gasteiger partial charge is 0.119 e. The van der Waals surface area contributed by atoms with Crippen molar-refractivity contribution in [3.63, 3.8) is 0 Å². The van der Waals surface area contributed by atoms with Crippen LogP contribution in [0.1, 0.15) is 11.1 Å². The summed E-state index contributed by atoms with van der Waals surface area (Å²) < 4.78 is 0. The van der Waals surface area contributed by atoms with Crippen molar-refractivity contribution in [1.29, 1.82) is 0 Å². The average Bonchev–Trinajstić information content (AvgIpc) is 4.49. The van der Waals surface area contributed by atoms with E-state index in [2.05, 4.69) is 111 Å². The molecule has 1 aliphatic carbocycles. The molecule has 3 aromatic carbocycles. The SMILES string of the molecule is c1cc2nc3c1CCc1ccc(nc13)c1ccc([nH]1)c1ccc3c(n1)c1nc(ccc1c1nc4c5ccc6nc5c5nc(cnc5c4nc31)c1ccc([nH]1)c1ccc3ccc4ccc(nc4c3n1)c1ccc6[nH]1)c1ccc2[nH]1. The number of H-pyrrole nitrogens is 4. The van der Waals surface area contributed by atoms with Crippen LogP contribution in [0.15, 0.2) is 152 Å². The van der Waals surface area contributed by atoms with Gasteiger partial charge in [0, 0.05) is 26.9 Å². The van der Waals surface area contributed by atoms with Crippen molar-refractivity contribution >= 4 is 187 Å². The van der Waals surface area contributed by atoms with Crippen LogP contribution in [0.5, 0.6) is 0 Å². The molecule has 0 fully saturated rings. The fraction of sp³-hybridized carbons (Fsp3) is 0.0317. The molecular weight excluding hydrogens is 967 g/mol. The van der Waals surface area contributed by atoms with Crippen LogP contribution in [0.25, 0.3) is 187 Å². The molecule has 0 amide bonds. The zero-order chi connectivity index (χ0) is 50.5. The Morgan fingerprint density at radius 3 is 0.936 bits per heavy atom. The van der Waals surface area contributed by atoms with Crippen LogP contribution < -0.4 is 0 Å². The number of benzene rings is 3. The number of fused-ring (bicyclic) bond motifs is 30. The van der Waals surface area contributed by atoms with Gasteiger partial charge in [-0.1, -0.05) is 36.4 Å². The lowest BCUT2D eigenvalue weighted by Gasteiger charge is -2.13. The van der Waals surface area contributed by atoms with Gasteiger partial charge in [-0.15, -0.1) is 0 Å². The molecule has 15 nitrogen and oxygen atoms in total. The Bertz CT molecular complexity index is 5610. The number of rotatable bonds is 0. The Morgan fingerprint density at radius 1 is 0.218 bits per heavy atom. The molecule has 4 N–H and O–H groups in total. The molecule has 15 heteroatoms. The summed E-state index contributed by atoms with van der Waals surface area (Å²) in [5.41, 5.74) is 24.6. The number of nitrogens with zero attached hydrogens (tertiary/aromatic N) is 11. The van der Waals surface area contributed by atoms with Gasteiger partial charge >= 0.3 is 0 Å². The van der Waals surface area contributed by atoms with E-state index < -0.39 is 0 Å². The zero-order valence-electron chi connectivity index (χ0n) is 40.8. The predicted octanol–water partition coefficient (Wildman–Crippen LogP) is 13.7. The maximum Gasteiger partial charge on any atom is 0.119 e. The summed E-state index contributed by atoms with van der Waals surface area (Å²) >= 11 is 0.